The largest absolute Gasteiger partial charge is 0.345 e. The Balaban J connectivity index is 0.00000108. The van der Waals surface area contributed by atoms with Crippen molar-refractivity contribution in [1.82, 2.24) is 5.32 Å². The van der Waals surface area contributed by atoms with E-state index in [1.807, 2.05) is 18.2 Å². The topological polar surface area (TPSA) is 24.4 Å². The number of hydrogen-bond donors (Lipinski definition) is 1. The van der Waals surface area contributed by atoms with Crippen molar-refractivity contribution in [1.29, 1.82) is 0 Å². The molecule has 0 saturated heterocycles. The zero-order chi connectivity index (χ0) is 10.8. The van der Waals surface area contributed by atoms with Gasteiger partial charge in [-0.2, -0.15) is 0 Å². The molecule has 0 bridgehead atoms. The summed E-state index contributed by atoms with van der Waals surface area (Å²) in [5, 5.41) is 5.29. The van der Waals surface area contributed by atoms with Gasteiger partial charge >= 0.3 is 0 Å². The van der Waals surface area contributed by atoms with E-state index >= 15 is 0 Å². The molecule has 4 heteroatoms. The number of halogens is 1. The third-order valence-corrected chi connectivity index (χ3v) is 3.35. The van der Waals surface area contributed by atoms with Gasteiger partial charge in [0.1, 0.15) is 0 Å². The molecule has 0 radical (unpaired) electrons. The number of fused-ring (bicyclic) bond motifs is 1. The number of rotatable bonds is 1. The molecule has 0 spiro atoms. The fraction of sp³-hybridized carbons (Fsp3) is 0. The zero-order valence-electron chi connectivity index (χ0n) is 8.96. The van der Waals surface area contributed by atoms with Crippen molar-refractivity contribution in [2.75, 3.05) is 0 Å². The molecule has 2 aromatic rings. The molecular formula is C13H11ClN2S. The molecule has 17 heavy (non-hydrogen) atoms. The third-order valence-electron chi connectivity index (χ3n) is 2.45. The second-order valence-electron chi connectivity index (χ2n) is 3.50. The molecule has 1 aromatic carbocycles. The van der Waals surface area contributed by atoms with Crippen molar-refractivity contribution in [3.8, 4) is 0 Å². The summed E-state index contributed by atoms with van der Waals surface area (Å²) in [6, 6.07) is 12.3. The van der Waals surface area contributed by atoms with Crippen molar-refractivity contribution in [3.63, 3.8) is 0 Å². The van der Waals surface area contributed by atoms with Crippen molar-refractivity contribution >= 4 is 47.5 Å². The first-order valence-electron chi connectivity index (χ1n) is 5.07. The summed E-state index contributed by atoms with van der Waals surface area (Å²) in [7, 11) is 0. The second-order valence-corrected chi connectivity index (χ2v) is 4.44. The van der Waals surface area contributed by atoms with Crippen molar-refractivity contribution < 1.29 is 0 Å². The average molecular weight is 263 g/mol. The summed E-state index contributed by atoms with van der Waals surface area (Å²) in [6.45, 7) is 0. The molecule has 1 aromatic heterocycles. The van der Waals surface area contributed by atoms with Gasteiger partial charge in [-0.05, 0) is 23.6 Å². The minimum Gasteiger partial charge on any atom is -0.345 e. The number of aliphatic imine (C=N–C) groups is 1. The first kappa shape index (κ1) is 11.9. The summed E-state index contributed by atoms with van der Waals surface area (Å²) in [4.78, 5) is 5.59. The van der Waals surface area contributed by atoms with Crippen LogP contribution >= 0.6 is 23.7 Å². The Morgan fingerprint density at radius 1 is 1.06 bits per heavy atom. The Labute approximate surface area is 110 Å². The molecule has 0 unspecified atom stereocenters. The number of para-hydroxylation sites is 1. The fourth-order valence-corrected chi connectivity index (χ4v) is 2.38. The highest BCUT2D eigenvalue weighted by Crippen LogP contribution is 2.27. The quantitative estimate of drug-likeness (QED) is 0.827. The molecule has 0 amide bonds. The number of nitrogens with zero attached hydrogens (tertiary/aromatic N) is 1. The molecule has 2 nitrogen and oxygen atoms in total. The van der Waals surface area contributed by atoms with Crippen LogP contribution in [0.1, 0.15) is 10.4 Å². The van der Waals surface area contributed by atoms with Crippen LogP contribution in [-0.2, 0) is 0 Å². The predicted molar refractivity (Wildman–Crippen MR) is 77.2 cm³/mol. The lowest BCUT2D eigenvalue weighted by molar-refractivity contribution is 1.36. The monoisotopic (exact) mass is 262 g/mol. The minimum absolute atomic E-state index is 0. The maximum absolute atomic E-state index is 4.36. The van der Waals surface area contributed by atoms with Crippen molar-refractivity contribution in [3.05, 3.63) is 52.2 Å². The van der Waals surface area contributed by atoms with Gasteiger partial charge < -0.3 is 5.32 Å². The first-order valence-corrected chi connectivity index (χ1v) is 5.95. The molecule has 0 saturated carbocycles. The van der Waals surface area contributed by atoms with Crippen LogP contribution in [0, 0.1) is 0 Å². The Bertz CT molecular complexity index is 559. The Morgan fingerprint density at radius 3 is 2.76 bits per heavy atom. The average Bonchev–Trinajstić information content (AvgIpc) is 2.75. The van der Waals surface area contributed by atoms with Crippen molar-refractivity contribution in [2.45, 2.75) is 0 Å². The van der Waals surface area contributed by atoms with Crippen LogP contribution in [0.5, 0.6) is 0 Å². The van der Waals surface area contributed by atoms with E-state index in [0.29, 0.717) is 0 Å². The van der Waals surface area contributed by atoms with E-state index in [-0.39, 0.29) is 12.4 Å². The van der Waals surface area contributed by atoms with E-state index in [1.54, 1.807) is 17.7 Å². The summed E-state index contributed by atoms with van der Waals surface area (Å²) in [5.41, 5.74) is 3.25. The maximum Gasteiger partial charge on any atom is 0.0930 e. The number of nitrogens with one attached hydrogen (secondary N) is 1. The van der Waals surface area contributed by atoms with Gasteiger partial charge in [-0.1, -0.05) is 24.3 Å². The Morgan fingerprint density at radius 2 is 1.94 bits per heavy atom. The summed E-state index contributed by atoms with van der Waals surface area (Å²) >= 11 is 1.72. The Kier molecular flexibility index (Phi) is 3.61. The van der Waals surface area contributed by atoms with E-state index in [4.69, 9.17) is 0 Å². The van der Waals surface area contributed by atoms with Gasteiger partial charge in [0.25, 0.3) is 0 Å². The van der Waals surface area contributed by atoms with Crippen LogP contribution in [0.3, 0.4) is 0 Å². The van der Waals surface area contributed by atoms with Crippen LogP contribution < -0.4 is 5.32 Å². The number of thiophene rings is 1. The molecule has 86 valence electrons. The van der Waals surface area contributed by atoms with Crippen LogP contribution in [0.15, 0.2) is 46.8 Å². The summed E-state index contributed by atoms with van der Waals surface area (Å²) < 4.78 is 0. The third kappa shape index (κ3) is 2.40. The summed E-state index contributed by atoms with van der Waals surface area (Å²) in [5.74, 6) is 0. The van der Waals surface area contributed by atoms with Crippen LogP contribution in [0.25, 0.3) is 11.8 Å². The van der Waals surface area contributed by atoms with E-state index in [1.165, 1.54) is 4.88 Å². The van der Waals surface area contributed by atoms with Gasteiger partial charge in [0, 0.05) is 5.56 Å². The standard InChI is InChI=1S/C13H10N2S.ClH/c1-2-5-11-10(4-1)8-12(15-9-14-11)13-6-3-7-16-13;/h1-9H,(H,14,15);1H. The van der Waals surface area contributed by atoms with Gasteiger partial charge in [-0.15, -0.1) is 23.7 Å². The molecule has 2 heterocycles. The highest BCUT2D eigenvalue weighted by atomic mass is 35.5. The smallest absolute Gasteiger partial charge is 0.0930 e. The minimum atomic E-state index is 0. The Hall–Kier alpha value is -1.58. The second kappa shape index (κ2) is 5.17. The molecule has 0 fully saturated rings. The number of benzene rings is 1. The maximum atomic E-state index is 4.36. The van der Waals surface area contributed by atoms with E-state index in [0.717, 1.165) is 16.9 Å². The van der Waals surface area contributed by atoms with Gasteiger partial charge in [0.2, 0.25) is 0 Å². The van der Waals surface area contributed by atoms with Crippen LogP contribution in [0.2, 0.25) is 0 Å². The van der Waals surface area contributed by atoms with E-state index < -0.39 is 0 Å². The van der Waals surface area contributed by atoms with Gasteiger partial charge in [-0.3, -0.25) is 0 Å². The molecule has 3 rings (SSSR count). The van der Waals surface area contributed by atoms with Gasteiger partial charge in [-0.25, -0.2) is 4.99 Å². The van der Waals surface area contributed by atoms with E-state index in [2.05, 4.69) is 40.0 Å². The molecule has 0 aliphatic carbocycles. The van der Waals surface area contributed by atoms with Crippen molar-refractivity contribution in [2.24, 2.45) is 4.99 Å². The highest BCUT2D eigenvalue weighted by molar-refractivity contribution is 7.11. The fourth-order valence-electron chi connectivity index (χ4n) is 1.67. The predicted octanol–water partition coefficient (Wildman–Crippen LogP) is 3.93. The highest BCUT2D eigenvalue weighted by Gasteiger charge is 2.06. The molecule has 1 aliphatic rings. The zero-order valence-corrected chi connectivity index (χ0v) is 10.6. The summed E-state index contributed by atoms with van der Waals surface area (Å²) in [6.07, 6.45) is 3.88. The molecule has 0 atom stereocenters. The van der Waals surface area contributed by atoms with E-state index in [9.17, 15) is 0 Å². The number of hydrogen-bond acceptors (Lipinski definition) is 3. The van der Waals surface area contributed by atoms with Gasteiger partial charge in [0.05, 0.1) is 22.6 Å². The first-order chi connectivity index (χ1) is 7.93. The molecule has 1 aliphatic heterocycles. The SMILES string of the molecule is C1=Nc2ccccc2C=C(c2cccs2)N1.Cl. The molecular weight excluding hydrogens is 252 g/mol. The lowest BCUT2D eigenvalue weighted by Gasteiger charge is -2.01. The van der Waals surface area contributed by atoms with Gasteiger partial charge in [0.15, 0.2) is 0 Å². The van der Waals surface area contributed by atoms with Crippen LogP contribution in [0.4, 0.5) is 5.69 Å². The normalized spacial score (nSPS) is 12.8. The molecule has 1 N–H and O–H groups in total. The lowest BCUT2D eigenvalue weighted by atomic mass is 10.1. The van der Waals surface area contributed by atoms with Crippen LogP contribution in [-0.4, -0.2) is 6.34 Å². The lowest BCUT2D eigenvalue weighted by Crippen LogP contribution is -2.06.